The lowest BCUT2D eigenvalue weighted by molar-refractivity contribution is -0.120. The van der Waals surface area contributed by atoms with E-state index in [1.165, 1.54) is 0 Å². The molecule has 0 atom stereocenters. The van der Waals surface area contributed by atoms with Gasteiger partial charge in [-0.05, 0) is 36.8 Å². The van der Waals surface area contributed by atoms with Gasteiger partial charge in [0, 0.05) is 5.69 Å². The molecule has 3 aromatic rings. The number of carbonyl (C=O) groups excluding carboxylic acids is 1. The average molecular weight is 361 g/mol. The van der Waals surface area contributed by atoms with Crippen molar-refractivity contribution in [1.29, 1.82) is 0 Å². The van der Waals surface area contributed by atoms with Crippen molar-refractivity contribution in [2.24, 2.45) is 0 Å². The molecule has 3 rings (SSSR count). The van der Waals surface area contributed by atoms with Crippen molar-refractivity contribution in [2.75, 3.05) is 18.1 Å². The Morgan fingerprint density at radius 2 is 1.33 bits per heavy atom. The van der Waals surface area contributed by atoms with Gasteiger partial charge in [-0.3, -0.25) is 4.79 Å². The normalized spacial score (nSPS) is 10.3. The lowest BCUT2D eigenvalue weighted by Crippen LogP contribution is -2.34. The maximum Gasteiger partial charge on any atom is 0.265 e. The highest BCUT2D eigenvalue weighted by atomic mass is 16.5. The van der Waals surface area contributed by atoms with Gasteiger partial charge in [-0.25, -0.2) is 0 Å². The summed E-state index contributed by atoms with van der Waals surface area (Å²) in [6.45, 7) is 2.88. The first-order chi connectivity index (χ1) is 13.3. The van der Waals surface area contributed by atoms with Crippen molar-refractivity contribution in [1.82, 2.24) is 0 Å². The van der Waals surface area contributed by atoms with Gasteiger partial charge in [0.1, 0.15) is 0 Å². The molecule has 3 aromatic carbocycles. The molecule has 0 aliphatic heterocycles. The summed E-state index contributed by atoms with van der Waals surface area (Å²) in [5, 5.41) is 0. The first kappa shape index (κ1) is 18.5. The molecule has 0 aromatic heterocycles. The topological polar surface area (TPSA) is 38.8 Å². The van der Waals surface area contributed by atoms with Crippen LogP contribution >= 0.6 is 0 Å². The first-order valence-corrected chi connectivity index (χ1v) is 9.02. The second kappa shape index (κ2) is 9.43. The number of hydrogen-bond donors (Lipinski definition) is 0. The summed E-state index contributed by atoms with van der Waals surface area (Å²) in [7, 11) is 0. The minimum Gasteiger partial charge on any atom is -0.490 e. The van der Waals surface area contributed by atoms with Gasteiger partial charge in [0.2, 0.25) is 0 Å². The molecular formula is C23H23NO3. The van der Waals surface area contributed by atoms with Crippen molar-refractivity contribution >= 4 is 11.6 Å². The minimum atomic E-state index is -0.114. The summed E-state index contributed by atoms with van der Waals surface area (Å²) in [5.74, 6) is 1.10. The van der Waals surface area contributed by atoms with Crippen LogP contribution in [0.1, 0.15) is 12.5 Å². The third-order valence-electron chi connectivity index (χ3n) is 4.05. The predicted octanol–water partition coefficient (Wildman–Crippen LogP) is 4.70. The quantitative estimate of drug-likeness (QED) is 0.584. The highest BCUT2D eigenvalue weighted by Crippen LogP contribution is 2.26. The number of rotatable bonds is 8. The van der Waals surface area contributed by atoms with E-state index in [2.05, 4.69) is 0 Å². The Labute approximate surface area is 160 Å². The molecule has 0 aliphatic carbocycles. The van der Waals surface area contributed by atoms with E-state index in [1.807, 2.05) is 91.9 Å². The van der Waals surface area contributed by atoms with E-state index < -0.39 is 0 Å². The van der Waals surface area contributed by atoms with Crippen LogP contribution in [0.15, 0.2) is 84.9 Å². The smallest absolute Gasteiger partial charge is 0.265 e. The zero-order chi connectivity index (χ0) is 18.9. The lowest BCUT2D eigenvalue weighted by Gasteiger charge is -2.23. The van der Waals surface area contributed by atoms with E-state index in [1.54, 1.807) is 4.90 Å². The molecule has 4 nitrogen and oxygen atoms in total. The van der Waals surface area contributed by atoms with Crippen LogP contribution in [0.4, 0.5) is 5.69 Å². The summed E-state index contributed by atoms with van der Waals surface area (Å²) < 4.78 is 11.3. The average Bonchev–Trinajstić information content (AvgIpc) is 2.73. The van der Waals surface area contributed by atoms with Gasteiger partial charge in [0.15, 0.2) is 18.1 Å². The van der Waals surface area contributed by atoms with Gasteiger partial charge in [-0.15, -0.1) is 0 Å². The molecule has 0 unspecified atom stereocenters. The molecule has 0 aliphatic rings. The number of benzene rings is 3. The van der Waals surface area contributed by atoms with Crippen molar-refractivity contribution in [3.63, 3.8) is 0 Å². The second-order valence-electron chi connectivity index (χ2n) is 5.97. The third kappa shape index (κ3) is 5.11. The Kier molecular flexibility index (Phi) is 6.47. The molecule has 4 heteroatoms. The Bertz CT molecular complexity index is 850. The minimum absolute atomic E-state index is 0.0637. The molecular weight excluding hydrogens is 338 g/mol. The Hall–Kier alpha value is -3.27. The third-order valence-corrected chi connectivity index (χ3v) is 4.05. The molecule has 0 heterocycles. The molecule has 0 N–H and O–H groups in total. The van der Waals surface area contributed by atoms with E-state index >= 15 is 0 Å². The highest BCUT2D eigenvalue weighted by molar-refractivity contribution is 5.94. The van der Waals surface area contributed by atoms with E-state index in [9.17, 15) is 4.79 Å². The number of nitrogens with zero attached hydrogens (tertiary/aromatic N) is 1. The van der Waals surface area contributed by atoms with Crippen LogP contribution in [0, 0.1) is 0 Å². The summed E-state index contributed by atoms with van der Waals surface area (Å²) >= 11 is 0. The summed E-state index contributed by atoms with van der Waals surface area (Å²) in [6.07, 6.45) is 0. The first-order valence-electron chi connectivity index (χ1n) is 9.02. The maximum absolute atomic E-state index is 13.0. The molecule has 0 fully saturated rings. The van der Waals surface area contributed by atoms with Gasteiger partial charge in [-0.2, -0.15) is 0 Å². The molecule has 138 valence electrons. The molecule has 27 heavy (non-hydrogen) atoms. The standard InChI is InChI=1S/C23H23NO3/c1-2-26-21-15-9-10-16-22(21)27-18-23(25)24(20-13-7-4-8-14-20)17-19-11-5-3-6-12-19/h3-16H,2,17-18H2,1H3. The van der Waals surface area contributed by atoms with Crippen LogP contribution < -0.4 is 14.4 Å². The molecule has 0 saturated heterocycles. The zero-order valence-corrected chi connectivity index (χ0v) is 15.4. The molecule has 0 radical (unpaired) electrons. The Morgan fingerprint density at radius 1 is 0.778 bits per heavy atom. The fourth-order valence-electron chi connectivity index (χ4n) is 2.76. The van der Waals surface area contributed by atoms with Gasteiger partial charge in [-0.1, -0.05) is 60.7 Å². The van der Waals surface area contributed by atoms with Crippen molar-refractivity contribution in [3.8, 4) is 11.5 Å². The molecule has 0 saturated carbocycles. The Morgan fingerprint density at radius 3 is 1.96 bits per heavy atom. The summed E-state index contributed by atoms with van der Waals surface area (Å²) in [6, 6.07) is 26.9. The number of anilines is 1. The van der Waals surface area contributed by atoms with Gasteiger partial charge >= 0.3 is 0 Å². The van der Waals surface area contributed by atoms with E-state index in [0.717, 1.165) is 11.3 Å². The van der Waals surface area contributed by atoms with Gasteiger partial charge in [0.25, 0.3) is 5.91 Å². The highest BCUT2D eigenvalue weighted by Gasteiger charge is 2.17. The fraction of sp³-hybridized carbons (Fsp3) is 0.174. The number of ether oxygens (including phenoxy) is 2. The SMILES string of the molecule is CCOc1ccccc1OCC(=O)N(Cc1ccccc1)c1ccccc1. The van der Waals surface area contributed by atoms with Crippen LogP contribution in [0.2, 0.25) is 0 Å². The maximum atomic E-state index is 13.0. The van der Waals surface area contributed by atoms with Crippen LogP contribution in [0.25, 0.3) is 0 Å². The van der Waals surface area contributed by atoms with Crippen LogP contribution in [0.5, 0.6) is 11.5 Å². The van der Waals surface area contributed by atoms with E-state index in [-0.39, 0.29) is 12.5 Å². The van der Waals surface area contributed by atoms with E-state index in [0.29, 0.717) is 24.7 Å². The number of carbonyl (C=O) groups is 1. The predicted molar refractivity (Wildman–Crippen MR) is 107 cm³/mol. The summed E-state index contributed by atoms with van der Waals surface area (Å²) in [5.41, 5.74) is 1.90. The van der Waals surface area contributed by atoms with Crippen molar-refractivity contribution < 1.29 is 14.3 Å². The lowest BCUT2D eigenvalue weighted by atomic mass is 10.2. The van der Waals surface area contributed by atoms with Crippen molar-refractivity contribution in [2.45, 2.75) is 13.5 Å². The van der Waals surface area contributed by atoms with E-state index in [4.69, 9.17) is 9.47 Å². The van der Waals surface area contributed by atoms with Gasteiger partial charge < -0.3 is 14.4 Å². The molecule has 0 bridgehead atoms. The largest absolute Gasteiger partial charge is 0.490 e. The number of hydrogen-bond acceptors (Lipinski definition) is 3. The number of amides is 1. The summed E-state index contributed by atoms with van der Waals surface area (Å²) in [4.78, 5) is 14.7. The fourth-order valence-corrected chi connectivity index (χ4v) is 2.76. The molecule has 0 spiro atoms. The Balaban J connectivity index is 1.75. The monoisotopic (exact) mass is 361 g/mol. The van der Waals surface area contributed by atoms with Gasteiger partial charge in [0.05, 0.1) is 13.2 Å². The second-order valence-corrected chi connectivity index (χ2v) is 5.97. The molecule has 1 amide bonds. The van der Waals surface area contributed by atoms with Crippen LogP contribution in [-0.2, 0) is 11.3 Å². The zero-order valence-electron chi connectivity index (χ0n) is 15.4. The van der Waals surface area contributed by atoms with Crippen LogP contribution in [0.3, 0.4) is 0 Å². The number of para-hydroxylation sites is 3. The van der Waals surface area contributed by atoms with Crippen molar-refractivity contribution in [3.05, 3.63) is 90.5 Å². The van der Waals surface area contributed by atoms with Crippen LogP contribution in [-0.4, -0.2) is 19.1 Å².